The van der Waals surface area contributed by atoms with Crippen molar-refractivity contribution in [2.75, 3.05) is 5.88 Å². The van der Waals surface area contributed by atoms with Crippen molar-refractivity contribution in [3.05, 3.63) is 0 Å². The molecule has 0 saturated carbocycles. The largest absolute Gasteiger partial charge is 0.356 e. The van der Waals surface area contributed by atoms with E-state index < -0.39 is 5.97 Å². The summed E-state index contributed by atoms with van der Waals surface area (Å²) in [4.78, 5) is 12.7. The quantitative estimate of drug-likeness (QED) is 0.299. The molecule has 1 N–H and O–H groups in total. The van der Waals surface area contributed by atoms with Gasteiger partial charge >= 0.3 is 5.97 Å². The minimum absolute atomic E-state index is 0.309. The topological polar surface area (TPSA) is 46.5 Å². The normalized spacial score (nSPS) is 7.67. The van der Waals surface area contributed by atoms with Crippen LogP contribution in [0.25, 0.3) is 0 Å². The fraction of sp³-hybridized carbons (Fsp3) is 0.500. The van der Waals surface area contributed by atoms with Crippen molar-refractivity contribution in [1.82, 2.24) is 0 Å². The summed E-state index contributed by atoms with van der Waals surface area (Å²) in [5.74, 6) is -1.15. The number of halogens is 1. The first-order chi connectivity index (χ1) is 2.81. The van der Waals surface area contributed by atoms with Gasteiger partial charge in [-0.25, -0.2) is 4.79 Å². The van der Waals surface area contributed by atoms with E-state index in [4.69, 9.17) is 16.9 Å². The molecule has 0 aromatic heterocycles. The average Bonchev–Trinajstić information content (AvgIpc) is 1.65. The second kappa shape index (κ2) is 2.93. The molecule has 0 rings (SSSR count). The van der Waals surface area contributed by atoms with Crippen molar-refractivity contribution in [2.45, 2.75) is 0 Å². The van der Waals surface area contributed by atoms with E-state index in [9.17, 15) is 4.79 Å². The summed E-state index contributed by atoms with van der Waals surface area (Å²) in [6.07, 6.45) is 0. The van der Waals surface area contributed by atoms with Crippen LogP contribution in [0.2, 0.25) is 0 Å². The van der Waals surface area contributed by atoms with E-state index in [-0.39, 0.29) is 5.88 Å². The van der Waals surface area contributed by atoms with Gasteiger partial charge in [0.2, 0.25) is 0 Å². The van der Waals surface area contributed by atoms with Gasteiger partial charge in [-0.05, 0) is 0 Å². The van der Waals surface area contributed by atoms with Crippen molar-refractivity contribution in [3.63, 3.8) is 0 Å². The highest BCUT2D eigenvalue weighted by atomic mass is 35.5. The third kappa shape index (κ3) is 1.99. The molecule has 0 aliphatic heterocycles. The standard InChI is InChI=1S/C2H3ClO3/c3-1-2(4)6-5/h5H,1H2. The van der Waals surface area contributed by atoms with Crippen molar-refractivity contribution in [3.8, 4) is 0 Å². The molecule has 0 bridgehead atoms. The first kappa shape index (κ1) is 5.72. The van der Waals surface area contributed by atoms with Gasteiger partial charge in [0.1, 0.15) is 5.88 Å². The molecule has 0 atom stereocenters. The second-order valence-corrected chi connectivity index (χ2v) is 0.864. The molecule has 0 radical (unpaired) electrons. The summed E-state index contributed by atoms with van der Waals surface area (Å²) >= 11 is 4.82. The molecule has 0 fully saturated rings. The molecule has 3 nitrogen and oxygen atoms in total. The van der Waals surface area contributed by atoms with Crippen LogP contribution in [-0.4, -0.2) is 17.1 Å². The van der Waals surface area contributed by atoms with Gasteiger partial charge in [-0.1, -0.05) is 0 Å². The van der Waals surface area contributed by atoms with Gasteiger partial charge in [0.05, 0.1) is 0 Å². The monoisotopic (exact) mass is 110 g/mol. The van der Waals surface area contributed by atoms with Gasteiger partial charge in [0, 0.05) is 0 Å². The molecule has 0 saturated heterocycles. The average molecular weight is 110 g/mol. The minimum Gasteiger partial charge on any atom is -0.300 e. The highest BCUT2D eigenvalue weighted by molar-refractivity contribution is 6.26. The zero-order chi connectivity index (χ0) is 4.99. The van der Waals surface area contributed by atoms with E-state index in [1.165, 1.54) is 0 Å². The summed E-state index contributed by atoms with van der Waals surface area (Å²) in [5.41, 5.74) is 0. The highest BCUT2D eigenvalue weighted by Crippen LogP contribution is 1.75. The van der Waals surface area contributed by atoms with E-state index in [1.807, 2.05) is 0 Å². The molecular formula is C2H3ClO3. The Morgan fingerprint density at radius 3 is 2.50 bits per heavy atom. The SMILES string of the molecule is O=C(CCl)OO. The number of hydrogen-bond donors (Lipinski definition) is 1. The van der Waals surface area contributed by atoms with Crippen LogP contribution >= 0.6 is 11.6 Å². The second-order valence-electron chi connectivity index (χ2n) is 0.597. The van der Waals surface area contributed by atoms with Crippen LogP contribution in [0.3, 0.4) is 0 Å². The maximum absolute atomic E-state index is 9.58. The zero-order valence-corrected chi connectivity index (χ0v) is 3.60. The van der Waals surface area contributed by atoms with Gasteiger partial charge in [-0.3, -0.25) is 4.89 Å². The maximum atomic E-state index is 9.58. The van der Waals surface area contributed by atoms with Gasteiger partial charge < -0.3 is 0 Å². The van der Waals surface area contributed by atoms with Crippen LogP contribution in [0, 0.1) is 0 Å². The molecule has 0 aliphatic carbocycles. The highest BCUT2D eigenvalue weighted by Gasteiger charge is 1.92. The van der Waals surface area contributed by atoms with Crippen LogP contribution in [0.5, 0.6) is 0 Å². The lowest BCUT2D eigenvalue weighted by atomic mass is 10.8. The molecule has 6 heavy (non-hydrogen) atoms. The first-order valence-corrected chi connectivity index (χ1v) is 1.75. The van der Waals surface area contributed by atoms with Gasteiger partial charge in [0.15, 0.2) is 0 Å². The van der Waals surface area contributed by atoms with Crippen LogP contribution in [0.4, 0.5) is 0 Å². The van der Waals surface area contributed by atoms with E-state index in [1.54, 1.807) is 0 Å². The Bertz CT molecular complexity index is 46.8. The molecule has 4 heteroatoms. The Balaban J connectivity index is 2.99. The van der Waals surface area contributed by atoms with E-state index in [0.29, 0.717) is 0 Å². The first-order valence-electron chi connectivity index (χ1n) is 1.21. The molecular weight excluding hydrogens is 107 g/mol. The van der Waals surface area contributed by atoms with Crippen molar-refractivity contribution in [1.29, 1.82) is 0 Å². The summed E-state index contributed by atoms with van der Waals surface area (Å²) in [5, 5.41) is 7.40. The summed E-state index contributed by atoms with van der Waals surface area (Å²) in [6, 6.07) is 0. The lowest BCUT2D eigenvalue weighted by molar-refractivity contribution is -0.231. The van der Waals surface area contributed by atoms with E-state index in [2.05, 4.69) is 4.89 Å². The van der Waals surface area contributed by atoms with E-state index in [0.717, 1.165) is 0 Å². The molecule has 0 unspecified atom stereocenters. The lowest BCUT2D eigenvalue weighted by Gasteiger charge is -1.82. The molecule has 0 amide bonds. The Labute approximate surface area is 39.4 Å². The molecule has 0 spiro atoms. The van der Waals surface area contributed by atoms with E-state index >= 15 is 0 Å². The molecule has 36 valence electrons. The Hall–Kier alpha value is -0.280. The molecule has 0 aliphatic rings. The van der Waals surface area contributed by atoms with Crippen molar-refractivity contribution < 1.29 is 14.9 Å². The van der Waals surface area contributed by atoms with Crippen LogP contribution in [-0.2, 0) is 9.68 Å². The summed E-state index contributed by atoms with van der Waals surface area (Å²) < 4.78 is 0. The third-order valence-electron chi connectivity index (χ3n) is 0.211. The van der Waals surface area contributed by atoms with Gasteiger partial charge in [-0.2, -0.15) is 5.26 Å². The molecule has 0 aromatic carbocycles. The summed E-state index contributed by atoms with van der Waals surface area (Å²) in [6.45, 7) is 0. The van der Waals surface area contributed by atoms with Crippen molar-refractivity contribution in [2.24, 2.45) is 0 Å². The van der Waals surface area contributed by atoms with Crippen LogP contribution in [0.15, 0.2) is 0 Å². The number of carbonyl (C=O) groups is 1. The number of carbonyl (C=O) groups excluding carboxylic acids is 1. The van der Waals surface area contributed by atoms with Crippen LogP contribution in [0.1, 0.15) is 0 Å². The number of hydrogen-bond acceptors (Lipinski definition) is 3. The Kier molecular flexibility index (Phi) is 2.80. The zero-order valence-electron chi connectivity index (χ0n) is 2.85. The number of rotatable bonds is 1. The predicted octanol–water partition coefficient (Wildman–Crippen LogP) is 0.241. The smallest absolute Gasteiger partial charge is 0.300 e. The van der Waals surface area contributed by atoms with Crippen molar-refractivity contribution >= 4 is 17.6 Å². The van der Waals surface area contributed by atoms with Gasteiger partial charge in [-0.15, -0.1) is 11.6 Å². The summed E-state index contributed by atoms with van der Waals surface area (Å²) in [7, 11) is 0. The van der Waals surface area contributed by atoms with Crippen LogP contribution < -0.4 is 0 Å². The number of alkyl halides is 1. The molecule has 0 heterocycles. The lowest BCUT2D eigenvalue weighted by Crippen LogP contribution is -2.00. The molecule has 0 aromatic rings. The fourth-order valence-electron chi connectivity index (χ4n) is 0.0244. The maximum Gasteiger partial charge on any atom is 0.356 e. The Morgan fingerprint density at radius 2 is 2.50 bits per heavy atom. The van der Waals surface area contributed by atoms with Gasteiger partial charge in [0.25, 0.3) is 0 Å². The third-order valence-corrected chi connectivity index (χ3v) is 0.429. The Morgan fingerprint density at radius 1 is 2.00 bits per heavy atom. The predicted molar refractivity (Wildman–Crippen MR) is 19.4 cm³/mol. The fourth-order valence-corrected chi connectivity index (χ4v) is 0.0732. The minimum atomic E-state index is -0.836.